The fraction of sp³-hybridized carbons (Fsp3) is 0.519. The first-order valence-electron chi connectivity index (χ1n) is 25.1. The number of likely N-dealkylation sites (tertiary alicyclic amines) is 1. The Balaban J connectivity index is 0.000000394. The molecule has 0 saturated carbocycles. The van der Waals surface area contributed by atoms with E-state index in [1.807, 2.05) is 38.4 Å². The first-order chi connectivity index (χ1) is 36.4. The number of aryl methyl sites for hydroxylation is 1. The maximum Gasteiger partial charge on any atom is 0.310 e. The zero-order valence-corrected chi connectivity index (χ0v) is 46.7. The molecule has 1 atom stereocenters. The maximum atomic E-state index is 13.4. The maximum absolute atomic E-state index is 13.4. The number of benzene rings is 2. The Morgan fingerprint density at radius 2 is 1.59 bits per heavy atom. The number of likely N-dealkylation sites (N-methyl/N-ethyl adjacent to an activating group) is 1. The molecule has 1 aliphatic rings. The number of aliphatic hydroxyl groups excluding tert-OH is 1. The molecule has 0 spiro atoms. The molecular formula is C52H77FN11O10S2+. The van der Waals surface area contributed by atoms with Gasteiger partial charge in [-0.3, -0.25) is 34.5 Å². The lowest BCUT2D eigenvalue weighted by Gasteiger charge is -2.22. The number of nitrogens with two attached hydrogens (primary N) is 2. The van der Waals surface area contributed by atoms with Gasteiger partial charge in [0.05, 0.1) is 81.4 Å². The largest absolute Gasteiger partial charge is 0.391 e. The lowest BCUT2D eigenvalue weighted by atomic mass is 9.92. The molecule has 24 heteroatoms. The Labute approximate surface area is 452 Å². The van der Waals surface area contributed by atoms with E-state index in [1.165, 1.54) is 38.9 Å². The van der Waals surface area contributed by atoms with E-state index >= 15 is 0 Å². The molecule has 5 aromatic rings. The van der Waals surface area contributed by atoms with Crippen LogP contribution in [-0.2, 0) is 51.2 Å². The molecule has 0 aliphatic carbocycles. The fourth-order valence-corrected chi connectivity index (χ4v) is 8.73. The van der Waals surface area contributed by atoms with Crippen molar-refractivity contribution in [2.24, 2.45) is 11.1 Å². The van der Waals surface area contributed by atoms with E-state index < -0.39 is 5.56 Å². The number of nitrogens with one attached hydrogen (secondary N) is 3. The minimum atomic E-state index is -0.479. The van der Waals surface area contributed by atoms with Gasteiger partial charge in [-0.1, -0.05) is 82.8 Å². The van der Waals surface area contributed by atoms with E-state index in [9.17, 15) is 33.5 Å². The molecule has 76 heavy (non-hydrogen) atoms. The monoisotopic (exact) mass is 1100 g/mol. The molecule has 0 bridgehead atoms. The molecule has 3 aromatic heterocycles. The van der Waals surface area contributed by atoms with Crippen LogP contribution in [0.5, 0.6) is 0 Å². The van der Waals surface area contributed by atoms with Gasteiger partial charge in [-0.25, -0.2) is 19.2 Å². The summed E-state index contributed by atoms with van der Waals surface area (Å²) in [5.41, 5.74) is 17.7. The van der Waals surface area contributed by atoms with E-state index in [1.54, 1.807) is 46.9 Å². The molecule has 4 heterocycles. The smallest absolute Gasteiger partial charge is 0.310 e. The van der Waals surface area contributed by atoms with Crippen LogP contribution < -0.4 is 27.7 Å². The van der Waals surface area contributed by atoms with Crippen LogP contribution >= 0.6 is 23.1 Å². The summed E-state index contributed by atoms with van der Waals surface area (Å²) in [7, 11) is 1.54. The van der Waals surface area contributed by atoms with E-state index in [4.69, 9.17) is 30.4 Å². The van der Waals surface area contributed by atoms with Crippen molar-refractivity contribution >= 4 is 70.2 Å². The quantitative estimate of drug-likeness (QED) is 0.0117. The number of halogens is 1. The number of ether oxygens (including phenoxy) is 4. The summed E-state index contributed by atoms with van der Waals surface area (Å²) >= 11 is 2.92. The zero-order valence-electron chi connectivity index (χ0n) is 45.0. The molecule has 1 fully saturated rings. The average Bonchev–Trinajstić information content (AvgIpc) is 4.12. The number of imidazole rings is 1. The second-order valence-corrected chi connectivity index (χ2v) is 20.0. The number of nitrogens with zero attached hydrogens (tertiary/aromatic N) is 6. The molecule has 2 aromatic carbocycles. The van der Waals surface area contributed by atoms with Gasteiger partial charge in [-0.2, -0.15) is 9.56 Å². The van der Waals surface area contributed by atoms with Crippen LogP contribution in [0.15, 0.2) is 64.0 Å². The first kappa shape index (κ1) is 64.1. The summed E-state index contributed by atoms with van der Waals surface area (Å²) in [6.07, 6.45) is 1.85. The predicted octanol–water partition coefficient (Wildman–Crippen LogP) is 4.51. The number of aliphatic hydroxyl groups is 1. The lowest BCUT2D eigenvalue weighted by Crippen LogP contribution is -2.34. The van der Waals surface area contributed by atoms with Gasteiger partial charge in [0.15, 0.2) is 16.3 Å². The van der Waals surface area contributed by atoms with Gasteiger partial charge in [-0.15, -0.1) is 11.3 Å². The Bertz CT molecular complexity index is 2640. The molecule has 418 valence electrons. The molecule has 0 radical (unpaired) electrons. The zero-order chi connectivity index (χ0) is 56.0. The van der Waals surface area contributed by atoms with E-state index in [-0.39, 0.29) is 79.2 Å². The second-order valence-electron chi connectivity index (χ2n) is 18.1. The number of thioether (sulfide) groups is 1. The number of amides is 4. The number of nitrogen functional groups attached to an aromatic ring is 1. The van der Waals surface area contributed by atoms with Gasteiger partial charge >= 0.3 is 5.91 Å². The van der Waals surface area contributed by atoms with Gasteiger partial charge in [-0.05, 0) is 47.6 Å². The van der Waals surface area contributed by atoms with Crippen LogP contribution in [0.2, 0.25) is 0 Å². The van der Waals surface area contributed by atoms with E-state index in [2.05, 4.69) is 63.5 Å². The van der Waals surface area contributed by atoms with Crippen LogP contribution in [0.1, 0.15) is 77.6 Å². The van der Waals surface area contributed by atoms with Crippen molar-refractivity contribution in [3.63, 3.8) is 0 Å². The number of carbonyl (C=O) groups is 4. The van der Waals surface area contributed by atoms with Gasteiger partial charge < -0.3 is 45.3 Å². The molecule has 6 rings (SSSR count). The number of aromatic amines is 1. The highest BCUT2D eigenvalue weighted by atomic mass is 32.2. The van der Waals surface area contributed by atoms with Crippen LogP contribution in [0.4, 0.5) is 10.3 Å². The highest BCUT2D eigenvalue weighted by Crippen LogP contribution is 2.28. The van der Waals surface area contributed by atoms with E-state index in [0.717, 1.165) is 29.8 Å². The summed E-state index contributed by atoms with van der Waals surface area (Å²) in [5.74, 6) is 0.0595. The Morgan fingerprint density at radius 1 is 0.974 bits per heavy atom. The van der Waals surface area contributed by atoms with Gasteiger partial charge in [0.25, 0.3) is 5.56 Å². The topological polar surface area (TPSA) is 284 Å². The number of anilines is 1. The number of hydrogen-bond donors (Lipinski definition) is 6. The van der Waals surface area contributed by atoms with Crippen LogP contribution in [0.3, 0.4) is 0 Å². The van der Waals surface area contributed by atoms with Crippen molar-refractivity contribution in [3.05, 3.63) is 87.0 Å². The first-order valence-corrected chi connectivity index (χ1v) is 26.9. The Kier molecular flexibility index (Phi) is 29.1. The summed E-state index contributed by atoms with van der Waals surface area (Å²) in [4.78, 5) is 76.6. The summed E-state index contributed by atoms with van der Waals surface area (Å²) in [5, 5.41) is 14.8. The van der Waals surface area contributed by atoms with E-state index in [0.29, 0.717) is 88.0 Å². The van der Waals surface area contributed by atoms with Crippen LogP contribution in [0.25, 0.3) is 21.6 Å². The Morgan fingerprint density at radius 3 is 2.14 bits per heavy atom. The molecule has 1 aliphatic heterocycles. The molecule has 4 amide bonds. The average molecular weight is 1100 g/mol. The number of fused-ring (bicyclic) bond motifs is 1. The van der Waals surface area contributed by atoms with Crippen LogP contribution in [0, 0.1) is 18.2 Å². The number of aromatic nitrogens is 5. The number of amidine groups is 1. The number of H-pyrrole nitrogens is 1. The molecule has 8 N–H and O–H groups in total. The molecule has 21 nitrogen and oxygen atoms in total. The number of rotatable bonds is 25. The third-order valence-corrected chi connectivity index (χ3v) is 12.7. The summed E-state index contributed by atoms with van der Waals surface area (Å²) in [6.45, 7) is 18.6. The predicted molar refractivity (Wildman–Crippen MR) is 294 cm³/mol. The number of hydrogen-bond acceptors (Lipinski definition) is 16. The van der Waals surface area contributed by atoms with Crippen molar-refractivity contribution in [1.29, 1.82) is 0 Å². The van der Waals surface area contributed by atoms with Crippen molar-refractivity contribution in [2.75, 3.05) is 91.0 Å². The van der Waals surface area contributed by atoms with Gasteiger partial charge in [0.1, 0.15) is 19.0 Å². The normalized spacial score (nSPS) is 13.3. The minimum absolute atomic E-state index is 0.00164. The second kappa shape index (κ2) is 34.5. The highest BCUT2D eigenvalue weighted by molar-refractivity contribution is 7.99. The summed E-state index contributed by atoms with van der Waals surface area (Å²) < 4.78 is 38.1. The third kappa shape index (κ3) is 23.4. The summed E-state index contributed by atoms with van der Waals surface area (Å²) in [6, 6.07) is 14.1. The SMILES string of the molecule is CC.CC(C)(C)CC(=O)N1CCC(O)C1.CNC(=O)COCCOCCOCCOCC[N+](C(=O)CCSc1nc2c(=O)[nH]c(N)nc2n1Cc1ccc(F)cc1)=C(C)N.Cc1ncsc1-c1ccc(CNC=O)cc1. The fourth-order valence-electron chi connectivity index (χ4n) is 6.99. The molecule has 1 saturated heterocycles. The van der Waals surface area contributed by atoms with Crippen molar-refractivity contribution in [1.82, 2.24) is 40.0 Å². The lowest BCUT2D eigenvalue weighted by molar-refractivity contribution is -0.454. The highest BCUT2D eigenvalue weighted by Gasteiger charge is 2.27. The van der Waals surface area contributed by atoms with Crippen LogP contribution in [-0.4, -0.2) is 160 Å². The number of carbonyl (C=O) groups excluding carboxylic acids is 4. The van der Waals surface area contributed by atoms with Crippen molar-refractivity contribution < 1.29 is 52.2 Å². The third-order valence-electron chi connectivity index (χ3n) is 10.8. The van der Waals surface area contributed by atoms with Crippen molar-refractivity contribution in [3.8, 4) is 10.4 Å². The number of β-amino-alcohol motifs (C(OH)–C–C–N with tert-alkyl or cyclic N) is 1. The Hall–Kier alpha value is -6.15. The minimum Gasteiger partial charge on any atom is -0.391 e. The van der Waals surface area contributed by atoms with Gasteiger partial charge in [0.2, 0.25) is 30.0 Å². The number of thiazole rings is 1. The molecule has 1 unspecified atom stereocenters. The standard InChI is InChI=1S/C28H39FN8O7S.C12H12N2OS.C10H19NO2.C2H6/c1-19(30)36(8-9-41-10-11-42-12-13-43-14-15-44-18-22(38)32-2)23(39)7-16-45-28-33-24-25(34-27(31)35-26(24)40)37(28)17-20-3-5-21(29)6-4-20;1-9-12(16-8-14-9)11-4-2-10(3-5-11)6-13-7-15;1-10(2,3)6-9(13)11-5-4-8(12)7-11;1-2/h3-6,30H,7-18H2,1-2H3,(H4,31,32,34,35,38,40);2-5,7-8H,6H2,1H3,(H,13,15);8,12H,4-7H2,1-3H3;1-2H3/p+1. The van der Waals surface area contributed by atoms with Gasteiger partial charge in [0, 0.05) is 45.8 Å². The molecular weight excluding hydrogens is 1020 g/mol. The van der Waals surface area contributed by atoms with Crippen molar-refractivity contribution in [2.45, 2.75) is 92.1 Å².